The largest absolute Gasteiger partial charge is 0.349 e. The van der Waals surface area contributed by atoms with Gasteiger partial charge in [-0.25, -0.2) is 0 Å². The van der Waals surface area contributed by atoms with Crippen LogP contribution in [0.4, 0.5) is 0 Å². The molecule has 62 valence electrons. The van der Waals surface area contributed by atoms with Gasteiger partial charge in [0, 0.05) is 17.8 Å². The van der Waals surface area contributed by atoms with E-state index in [-0.39, 0.29) is 17.4 Å². The molecule has 1 atom stereocenters. The minimum absolute atomic E-state index is 0.0747. The van der Waals surface area contributed by atoms with Gasteiger partial charge in [0.1, 0.15) is 0 Å². The van der Waals surface area contributed by atoms with E-state index in [9.17, 15) is 14.9 Å². The summed E-state index contributed by atoms with van der Waals surface area (Å²) in [5.41, 5.74) is 0. The number of carbonyl (C=O) groups excluding carboxylic acids is 1. The molecule has 0 bridgehead atoms. The fourth-order valence-corrected chi connectivity index (χ4v) is 1.10. The molecule has 1 saturated heterocycles. The summed E-state index contributed by atoms with van der Waals surface area (Å²) < 4.78 is 0. The highest BCUT2D eigenvalue weighted by Crippen LogP contribution is 2.06. The van der Waals surface area contributed by atoms with Crippen molar-refractivity contribution in [2.24, 2.45) is 0 Å². The second kappa shape index (κ2) is 3.32. The average molecular weight is 158 g/mol. The van der Waals surface area contributed by atoms with E-state index in [1.807, 2.05) is 0 Å². The van der Waals surface area contributed by atoms with Crippen molar-refractivity contribution in [2.75, 3.05) is 6.54 Å². The van der Waals surface area contributed by atoms with Crippen LogP contribution in [-0.2, 0) is 4.79 Å². The van der Waals surface area contributed by atoms with Crippen LogP contribution >= 0.6 is 0 Å². The number of amides is 1. The van der Waals surface area contributed by atoms with Gasteiger partial charge >= 0.3 is 0 Å². The highest BCUT2D eigenvalue weighted by Gasteiger charge is 2.23. The van der Waals surface area contributed by atoms with Crippen molar-refractivity contribution >= 4 is 5.91 Å². The number of hydrogen-bond acceptors (Lipinski definition) is 3. The molecule has 1 N–H and O–H groups in total. The van der Waals surface area contributed by atoms with Gasteiger partial charge in [0.2, 0.25) is 11.9 Å². The van der Waals surface area contributed by atoms with Crippen molar-refractivity contribution in [3.05, 3.63) is 10.1 Å². The van der Waals surface area contributed by atoms with E-state index in [1.54, 1.807) is 0 Å². The third-order valence-corrected chi connectivity index (χ3v) is 1.77. The monoisotopic (exact) mass is 158 g/mol. The Kier molecular flexibility index (Phi) is 2.40. The third kappa shape index (κ3) is 2.18. The van der Waals surface area contributed by atoms with Crippen molar-refractivity contribution in [1.29, 1.82) is 0 Å². The van der Waals surface area contributed by atoms with Gasteiger partial charge in [-0.2, -0.15) is 0 Å². The van der Waals surface area contributed by atoms with E-state index in [2.05, 4.69) is 5.32 Å². The molecular formula is C6H10N2O3. The van der Waals surface area contributed by atoms with Crippen LogP contribution in [-0.4, -0.2) is 23.4 Å². The lowest BCUT2D eigenvalue weighted by molar-refractivity contribution is -0.520. The molecule has 1 heterocycles. The first-order chi connectivity index (χ1) is 5.20. The topological polar surface area (TPSA) is 72.2 Å². The Morgan fingerprint density at radius 1 is 1.64 bits per heavy atom. The summed E-state index contributed by atoms with van der Waals surface area (Å²) in [7, 11) is 0. The summed E-state index contributed by atoms with van der Waals surface area (Å²) in [6.07, 6.45) is 1.55. The minimum atomic E-state index is -0.582. The quantitative estimate of drug-likeness (QED) is 0.429. The molecule has 1 aliphatic heterocycles. The maximum absolute atomic E-state index is 10.7. The second-order valence-electron chi connectivity index (χ2n) is 2.64. The summed E-state index contributed by atoms with van der Waals surface area (Å²) in [4.78, 5) is 20.7. The molecule has 0 radical (unpaired) electrons. The molecule has 0 spiro atoms. The maximum atomic E-state index is 10.7. The van der Waals surface area contributed by atoms with Crippen LogP contribution in [0.3, 0.4) is 0 Å². The van der Waals surface area contributed by atoms with Gasteiger partial charge in [-0.05, 0) is 6.42 Å². The Bertz CT molecular complexity index is 181. The Labute approximate surface area is 63.9 Å². The predicted molar refractivity (Wildman–Crippen MR) is 37.6 cm³/mol. The van der Waals surface area contributed by atoms with Crippen LogP contribution in [0.2, 0.25) is 0 Å². The van der Waals surface area contributed by atoms with Crippen molar-refractivity contribution < 1.29 is 9.72 Å². The molecule has 0 aromatic carbocycles. The normalized spacial score (nSPS) is 25.5. The lowest BCUT2D eigenvalue weighted by atomic mass is 10.1. The lowest BCUT2D eigenvalue weighted by Crippen LogP contribution is -2.33. The Morgan fingerprint density at radius 3 is 3.00 bits per heavy atom. The van der Waals surface area contributed by atoms with Crippen LogP contribution in [0, 0.1) is 10.1 Å². The van der Waals surface area contributed by atoms with Crippen molar-refractivity contribution in [3.8, 4) is 0 Å². The number of nitrogens with one attached hydrogen (secondary N) is 1. The van der Waals surface area contributed by atoms with E-state index in [4.69, 9.17) is 0 Å². The zero-order valence-electron chi connectivity index (χ0n) is 6.08. The Morgan fingerprint density at radius 2 is 2.36 bits per heavy atom. The fraction of sp³-hybridized carbons (Fsp3) is 0.833. The smallest absolute Gasteiger partial charge is 0.230 e. The first-order valence-electron chi connectivity index (χ1n) is 3.60. The third-order valence-electron chi connectivity index (χ3n) is 1.77. The zero-order valence-corrected chi connectivity index (χ0v) is 6.08. The van der Waals surface area contributed by atoms with Crippen molar-refractivity contribution in [2.45, 2.75) is 25.3 Å². The molecule has 1 amide bonds. The first-order valence-corrected chi connectivity index (χ1v) is 3.60. The van der Waals surface area contributed by atoms with Crippen LogP contribution in [0.25, 0.3) is 0 Å². The van der Waals surface area contributed by atoms with Gasteiger partial charge in [-0.1, -0.05) is 0 Å². The van der Waals surface area contributed by atoms with E-state index < -0.39 is 6.04 Å². The molecule has 1 fully saturated rings. The van der Waals surface area contributed by atoms with Crippen molar-refractivity contribution in [3.63, 3.8) is 0 Å². The molecule has 0 aliphatic carbocycles. The molecule has 11 heavy (non-hydrogen) atoms. The van der Waals surface area contributed by atoms with Crippen LogP contribution in [0.5, 0.6) is 0 Å². The van der Waals surface area contributed by atoms with E-state index >= 15 is 0 Å². The lowest BCUT2D eigenvalue weighted by Gasteiger charge is -2.03. The predicted octanol–water partition coefficient (Wildman–Crippen LogP) is -0.0682. The molecule has 1 unspecified atom stereocenters. The molecule has 0 aromatic heterocycles. The molecule has 0 saturated carbocycles. The van der Waals surface area contributed by atoms with Gasteiger partial charge in [-0.15, -0.1) is 0 Å². The molecule has 1 aliphatic rings. The highest BCUT2D eigenvalue weighted by molar-refractivity contribution is 5.76. The average Bonchev–Trinajstić information content (AvgIpc) is 2.13. The summed E-state index contributed by atoms with van der Waals surface area (Å²) in [6.45, 7) is 0.186. The SMILES string of the molecule is O=C1CCCC([N+](=O)[O-])CN1. The Hall–Kier alpha value is -1.13. The maximum Gasteiger partial charge on any atom is 0.230 e. The van der Waals surface area contributed by atoms with Crippen LogP contribution in [0.1, 0.15) is 19.3 Å². The number of nitrogens with zero attached hydrogens (tertiary/aromatic N) is 1. The van der Waals surface area contributed by atoms with E-state index in [0.717, 1.165) is 0 Å². The highest BCUT2D eigenvalue weighted by atomic mass is 16.6. The zero-order chi connectivity index (χ0) is 8.27. The molecule has 5 nitrogen and oxygen atoms in total. The van der Waals surface area contributed by atoms with Crippen LogP contribution < -0.4 is 5.32 Å². The van der Waals surface area contributed by atoms with Crippen molar-refractivity contribution in [1.82, 2.24) is 5.32 Å². The first kappa shape index (κ1) is 7.97. The van der Waals surface area contributed by atoms with Gasteiger partial charge in [-0.3, -0.25) is 14.9 Å². The molecule has 0 aromatic rings. The molecule has 5 heteroatoms. The Balaban J connectivity index is 2.46. The number of carbonyl (C=O) groups is 1. The summed E-state index contributed by atoms with van der Waals surface area (Å²) in [5.74, 6) is -0.0747. The standard InChI is InChI=1S/C6H10N2O3/c9-6-3-1-2-5(4-7-6)8(10)11/h5H,1-4H2,(H,7,9). The second-order valence-corrected chi connectivity index (χ2v) is 2.64. The number of hydrogen-bond donors (Lipinski definition) is 1. The van der Waals surface area contributed by atoms with E-state index in [1.165, 1.54) is 0 Å². The van der Waals surface area contributed by atoms with Gasteiger partial charge < -0.3 is 5.32 Å². The van der Waals surface area contributed by atoms with Gasteiger partial charge in [0.05, 0.1) is 6.54 Å². The van der Waals surface area contributed by atoms with Gasteiger partial charge in [0.15, 0.2) is 0 Å². The minimum Gasteiger partial charge on any atom is -0.349 e. The van der Waals surface area contributed by atoms with Gasteiger partial charge in [0.25, 0.3) is 0 Å². The summed E-state index contributed by atoms with van der Waals surface area (Å²) in [6, 6.07) is -0.582. The summed E-state index contributed by atoms with van der Waals surface area (Å²) >= 11 is 0. The molecule has 1 rings (SSSR count). The number of rotatable bonds is 1. The molecular weight excluding hydrogens is 148 g/mol. The fourth-order valence-electron chi connectivity index (χ4n) is 1.10. The van der Waals surface area contributed by atoms with Crippen LogP contribution in [0.15, 0.2) is 0 Å². The number of nitro groups is 1. The van der Waals surface area contributed by atoms with E-state index in [0.29, 0.717) is 19.3 Å². The summed E-state index contributed by atoms with van der Waals surface area (Å²) in [5, 5.41) is 12.8.